The molecule has 168 valence electrons. The molecule has 1 N–H and O–H groups in total. The Morgan fingerprint density at radius 2 is 1.48 bits per heavy atom. The fourth-order valence-corrected chi connectivity index (χ4v) is 6.55. The first kappa shape index (κ1) is 22.0. The molecule has 1 heterocycles. The highest BCUT2D eigenvalue weighted by Gasteiger charge is 2.52. The van der Waals surface area contributed by atoms with Crippen LogP contribution in [-0.2, 0) is 25.0 Å². The van der Waals surface area contributed by atoms with E-state index >= 15 is 0 Å². The van der Waals surface area contributed by atoms with Crippen LogP contribution >= 0.6 is 0 Å². The summed E-state index contributed by atoms with van der Waals surface area (Å²) in [7, 11) is -3.63. The molecule has 2 fully saturated rings. The molecule has 4 rings (SSSR count). The molecule has 8 heteroatoms. The van der Waals surface area contributed by atoms with Gasteiger partial charge >= 0.3 is 5.97 Å². The molecule has 1 aliphatic heterocycles. The van der Waals surface area contributed by atoms with Gasteiger partial charge in [0.2, 0.25) is 15.9 Å². The first-order valence-electron chi connectivity index (χ1n) is 10.8. The number of carboxylic acids is 1. The van der Waals surface area contributed by atoms with Crippen molar-refractivity contribution >= 4 is 21.9 Å². The van der Waals surface area contributed by atoms with Gasteiger partial charge in [0.25, 0.3) is 0 Å². The van der Waals surface area contributed by atoms with Crippen LogP contribution in [0.2, 0.25) is 0 Å². The van der Waals surface area contributed by atoms with E-state index in [1.54, 1.807) is 17.0 Å². The number of fused-ring (bicyclic) bond motifs is 2. The average Bonchev–Trinajstić information content (AvgIpc) is 3.34. The normalized spacial score (nSPS) is 28.8. The second-order valence-electron chi connectivity index (χ2n) is 9.84. The van der Waals surface area contributed by atoms with Crippen molar-refractivity contribution in [1.82, 2.24) is 9.21 Å². The molecule has 4 atom stereocenters. The maximum Gasteiger partial charge on any atom is 0.307 e. The predicted molar refractivity (Wildman–Crippen MR) is 116 cm³/mol. The SMILES string of the molecule is CC(C)(C)c1ccc(S(=O)(=O)N2CCN(C(=O)[C@@H]3[C@@H](C(=O)O)[C@H]4C=C[C@H]3C4)CC2)cc1. The molecular weight excluding hydrogens is 416 g/mol. The number of nitrogens with zero attached hydrogens (tertiary/aromatic N) is 2. The third-order valence-electron chi connectivity index (χ3n) is 6.94. The summed E-state index contributed by atoms with van der Waals surface area (Å²) in [5.74, 6) is -2.40. The Bertz CT molecular complexity index is 1000. The number of hydrogen-bond acceptors (Lipinski definition) is 4. The van der Waals surface area contributed by atoms with E-state index in [1.807, 2.05) is 24.3 Å². The Hall–Kier alpha value is -2.19. The minimum absolute atomic E-state index is 0.0262. The van der Waals surface area contributed by atoms with Gasteiger partial charge in [0, 0.05) is 26.2 Å². The lowest BCUT2D eigenvalue weighted by Gasteiger charge is -2.37. The highest BCUT2D eigenvalue weighted by Crippen LogP contribution is 2.48. The number of aliphatic carboxylic acids is 1. The summed E-state index contributed by atoms with van der Waals surface area (Å²) >= 11 is 0. The molecule has 2 aliphatic carbocycles. The first-order valence-corrected chi connectivity index (χ1v) is 12.2. The predicted octanol–water partition coefficient (Wildman–Crippen LogP) is 2.34. The molecular formula is C23H30N2O5S. The van der Waals surface area contributed by atoms with Gasteiger partial charge in [-0.1, -0.05) is 45.1 Å². The van der Waals surface area contributed by atoms with Crippen LogP contribution in [0.25, 0.3) is 0 Å². The molecule has 3 aliphatic rings. The molecule has 1 aromatic rings. The Balaban J connectivity index is 1.43. The molecule has 0 unspecified atom stereocenters. The molecule has 0 radical (unpaired) electrons. The topological polar surface area (TPSA) is 95.0 Å². The lowest BCUT2D eigenvalue weighted by molar-refractivity contribution is -0.151. The molecule has 0 aromatic heterocycles. The number of carbonyl (C=O) groups excluding carboxylic acids is 1. The number of amides is 1. The zero-order chi connectivity index (χ0) is 22.6. The lowest BCUT2D eigenvalue weighted by atomic mass is 9.82. The van der Waals surface area contributed by atoms with E-state index in [1.165, 1.54) is 4.31 Å². The monoisotopic (exact) mass is 446 g/mol. The van der Waals surface area contributed by atoms with Crippen LogP contribution in [0.4, 0.5) is 0 Å². The summed E-state index contributed by atoms with van der Waals surface area (Å²) in [5.41, 5.74) is 1.01. The van der Waals surface area contributed by atoms with E-state index in [0.717, 1.165) is 5.56 Å². The number of carbonyl (C=O) groups is 2. The van der Waals surface area contributed by atoms with Crippen LogP contribution in [0.3, 0.4) is 0 Å². The van der Waals surface area contributed by atoms with E-state index < -0.39 is 27.8 Å². The van der Waals surface area contributed by atoms with Gasteiger partial charge < -0.3 is 10.0 Å². The van der Waals surface area contributed by atoms with Crippen LogP contribution in [0.15, 0.2) is 41.3 Å². The maximum absolute atomic E-state index is 13.1. The standard InChI is InChI=1S/C23H30N2O5S/c1-23(2,3)17-6-8-18(9-7-17)31(29,30)25-12-10-24(11-13-25)21(26)19-15-4-5-16(14-15)20(19)22(27)28/h4-9,15-16,19-20H,10-14H2,1-3H3,(H,27,28)/t15-,16-,19-,20-/m0/s1. The Morgan fingerprint density at radius 1 is 0.935 bits per heavy atom. The van der Waals surface area contributed by atoms with Gasteiger partial charge in [-0.05, 0) is 41.4 Å². The smallest absolute Gasteiger partial charge is 0.307 e. The Kier molecular flexibility index (Phi) is 5.50. The van der Waals surface area contributed by atoms with E-state index in [9.17, 15) is 23.1 Å². The fourth-order valence-electron chi connectivity index (χ4n) is 5.13. The quantitative estimate of drug-likeness (QED) is 0.717. The van der Waals surface area contributed by atoms with Crippen molar-refractivity contribution in [2.75, 3.05) is 26.2 Å². The van der Waals surface area contributed by atoms with Gasteiger partial charge in [0.1, 0.15) is 0 Å². The Morgan fingerprint density at radius 3 is 2.00 bits per heavy atom. The Labute approximate surface area is 183 Å². The fraction of sp³-hybridized carbons (Fsp3) is 0.565. The summed E-state index contributed by atoms with van der Waals surface area (Å²) < 4.78 is 27.5. The van der Waals surface area contributed by atoms with Crippen molar-refractivity contribution in [2.24, 2.45) is 23.7 Å². The minimum Gasteiger partial charge on any atom is -0.481 e. The molecule has 31 heavy (non-hydrogen) atoms. The summed E-state index contributed by atoms with van der Waals surface area (Å²) in [6, 6.07) is 6.99. The van der Waals surface area contributed by atoms with Crippen LogP contribution in [0.5, 0.6) is 0 Å². The zero-order valence-corrected chi connectivity index (χ0v) is 19.0. The second kappa shape index (κ2) is 7.74. The van der Waals surface area contributed by atoms with Gasteiger partial charge in [-0.2, -0.15) is 4.31 Å². The number of allylic oxidation sites excluding steroid dienone is 2. The van der Waals surface area contributed by atoms with Crippen molar-refractivity contribution in [3.8, 4) is 0 Å². The van der Waals surface area contributed by atoms with Crippen molar-refractivity contribution in [3.63, 3.8) is 0 Å². The van der Waals surface area contributed by atoms with Gasteiger partial charge in [0.05, 0.1) is 16.7 Å². The third kappa shape index (κ3) is 3.91. The molecule has 7 nitrogen and oxygen atoms in total. The van der Waals surface area contributed by atoms with E-state index in [4.69, 9.17) is 0 Å². The third-order valence-corrected chi connectivity index (χ3v) is 8.85. The highest BCUT2D eigenvalue weighted by atomic mass is 32.2. The van der Waals surface area contributed by atoms with Crippen LogP contribution < -0.4 is 0 Å². The highest BCUT2D eigenvalue weighted by molar-refractivity contribution is 7.89. The van der Waals surface area contributed by atoms with Crippen molar-refractivity contribution in [3.05, 3.63) is 42.0 Å². The second-order valence-corrected chi connectivity index (χ2v) is 11.8. The van der Waals surface area contributed by atoms with E-state index in [2.05, 4.69) is 20.8 Å². The van der Waals surface area contributed by atoms with Gasteiger partial charge in [0.15, 0.2) is 0 Å². The zero-order valence-electron chi connectivity index (χ0n) is 18.2. The van der Waals surface area contributed by atoms with Crippen LogP contribution in [0, 0.1) is 23.7 Å². The van der Waals surface area contributed by atoms with Gasteiger partial charge in [-0.3, -0.25) is 9.59 Å². The average molecular weight is 447 g/mol. The lowest BCUT2D eigenvalue weighted by Crippen LogP contribution is -2.53. The number of carboxylic acid groups (broad SMARTS) is 1. The summed E-state index contributed by atoms with van der Waals surface area (Å²) in [5, 5.41) is 9.61. The first-order chi connectivity index (χ1) is 14.5. The molecule has 2 bridgehead atoms. The van der Waals surface area contributed by atoms with E-state index in [0.29, 0.717) is 6.42 Å². The molecule has 0 spiro atoms. The van der Waals surface area contributed by atoms with Crippen LogP contribution in [0.1, 0.15) is 32.8 Å². The maximum atomic E-state index is 13.1. The van der Waals surface area contributed by atoms with Crippen molar-refractivity contribution < 1.29 is 23.1 Å². The number of hydrogen-bond donors (Lipinski definition) is 1. The number of rotatable bonds is 4. The molecule has 1 saturated carbocycles. The number of sulfonamides is 1. The van der Waals surface area contributed by atoms with Crippen molar-refractivity contribution in [2.45, 2.75) is 37.5 Å². The van der Waals surface area contributed by atoms with Gasteiger partial charge in [-0.25, -0.2) is 8.42 Å². The number of piperazine rings is 1. The largest absolute Gasteiger partial charge is 0.481 e. The van der Waals surface area contributed by atoms with E-state index in [-0.39, 0.29) is 54.2 Å². The van der Waals surface area contributed by atoms with Crippen LogP contribution in [-0.4, -0.2) is 60.8 Å². The summed E-state index contributed by atoms with van der Waals surface area (Å²) in [6.45, 7) is 7.21. The molecule has 1 saturated heterocycles. The molecule has 1 aromatic carbocycles. The summed E-state index contributed by atoms with van der Waals surface area (Å²) in [6.07, 6.45) is 4.60. The number of benzene rings is 1. The molecule has 1 amide bonds. The summed E-state index contributed by atoms with van der Waals surface area (Å²) in [4.78, 5) is 26.7. The van der Waals surface area contributed by atoms with Gasteiger partial charge in [-0.15, -0.1) is 0 Å². The van der Waals surface area contributed by atoms with Crippen molar-refractivity contribution in [1.29, 1.82) is 0 Å². The minimum atomic E-state index is -3.63.